The number of aromatic nitrogens is 2. The zero-order valence-corrected chi connectivity index (χ0v) is 19.8. The van der Waals surface area contributed by atoms with Crippen LogP contribution < -0.4 is 0 Å². The number of amides is 2. The monoisotopic (exact) mass is 488 g/mol. The predicted octanol–water partition coefficient (Wildman–Crippen LogP) is 3.98. The molecule has 1 saturated heterocycles. The van der Waals surface area contributed by atoms with Crippen molar-refractivity contribution in [1.82, 2.24) is 20.0 Å². The van der Waals surface area contributed by atoms with Crippen molar-refractivity contribution in [3.8, 4) is 10.8 Å². The number of halogens is 1. The number of rotatable bonds is 8. The fourth-order valence-electron chi connectivity index (χ4n) is 3.85. The van der Waals surface area contributed by atoms with Crippen LogP contribution in [-0.2, 0) is 16.1 Å². The van der Waals surface area contributed by atoms with Gasteiger partial charge in [-0.05, 0) is 48.6 Å². The maximum absolute atomic E-state index is 13.4. The van der Waals surface area contributed by atoms with Crippen molar-refractivity contribution in [2.45, 2.75) is 19.4 Å². The third kappa shape index (κ3) is 5.79. The van der Waals surface area contributed by atoms with Crippen molar-refractivity contribution >= 4 is 34.8 Å². The summed E-state index contributed by atoms with van der Waals surface area (Å²) in [6.07, 6.45) is 1.48. The van der Waals surface area contributed by atoms with E-state index in [0.29, 0.717) is 48.6 Å². The van der Waals surface area contributed by atoms with Crippen molar-refractivity contribution in [2.24, 2.45) is 5.92 Å². The number of carbonyl (C=O) groups is 2. The van der Waals surface area contributed by atoms with Gasteiger partial charge < -0.3 is 19.0 Å². The molecular weight excluding hydrogens is 464 g/mol. The van der Waals surface area contributed by atoms with Crippen LogP contribution in [0.4, 0.5) is 0 Å². The quantitative estimate of drug-likeness (QED) is 0.476. The molecule has 0 saturated carbocycles. The summed E-state index contributed by atoms with van der Waals surface area (Å²) >= 11 is 7.45. The first-order chi connectivity index (χ1) is 16.0. The van der Waals surface area contributed by atoms with E-state index in [1.807, 2.05) is 17.5 Å². The van der Waals surface area contributed by atoms with Gasteiger partial charge in [0.2, 0.25) is 11.8 Å². The topological polar surface area (TPSA) is 88.8 Å². The first kappa shape index (κ1) is 23.4. The molecule has 1 aliphatic heterocycles. The van der Waals surface area contributed by atoms with Gasteiger partial charge in [-0.3, -0.25) is 9.59 Å². The fourth-order valence-corrected chi connectivity index (χ4v) is 4.62. The van der Waals surface area contributed by atoms with Gasteiger partial charge in [-0.1, -0.05) is 17.7 Å². The number of carbonyl (C=O) groups excluding carboxylic acids is 2. The van der Waals surface area contributed by atoms with Crippen LogP contribution in [0.25, 0.3) is 10.8 Å². The molecule has 0 radical (unpaired) electrons. The zero-order chi connectivity index (χ0) is 23.2. The fraction of sp³-hybridized carbons (Fsp3) is 0.391. The second-order valence-electron chi connectivity index (χ2n) is 7.83. The first-order valence-corrected chi connectivity index (χ1v) is 12.0. The van der Waals surface area contributed by atoms with Crippen LogP contribution in [0, 0.1) is 5.92 Å². The van der Waals surface area contributed by atoms with Gasteiger partial charge in [0.15, 0.2) is 0 Å². The molecule has 1 aliphatic rings. The predicted molar refractivity (Wildman–Crippen MR) is 125 cm³/mol. The van der Waals surface area contributed by atoms with Crippen LogP contribution in [0.1, 0.15) is 29.1 Å². The summed E-state index contributed by atoms with van der Waals surface area (Å²) in [5.41, 5.74) is 0.565. The molecule has 1 aromatic carbocycles. The minimum atomic E-state index is -0.299. The highest BCUT2D eigenvalue weighted by Gasteiger charge is 2.32. The summed E-state index contributed by atoms with van der Waals surface area (Å²) < 4.78 is 11.0. The number of piperidine rings is 1. The molecular formula is C23H25ClN4O4S. The Morgan fingerprint density at radius 1 is 1.27 bits per heavy atom. The number of methoxy groups -OCH3 is 1. The minimum absolute atomic E-state index is 0.0449. The Bertz CT molecular complexity index is 1070. The molecule has 10 heteroatoms. The Morgan fingerprint density at radius 3 is 2.82 bits per heavy atom. The van der Waals surface area contributed by atoms with E-state index < -0.39 is 0 Å². The number of thiophene rings is 1. The number of hydrogen-bond donors (Lipinski definition) is 0. The molecule has 8 nitrogen and oxygen atoms in total. The van der Waals surface area contributed by atoms with Crippen LogP contribution >= 0.6 is 22.9 Å². The molecule has 1 fully saturated rings. The highest BCUT2D eigenvalue weighted by Crippen LogP contribution is 2.25. The van der Waals surface area contributed by atoms with Crippen molar-refractivity contribution in [1.29, 1.82) is 0 Å². The van der Waals surface area contributed by atoms with Gasteiger partial charge in [-0.25, -0.2) is 0 Å². The van der Waals surface area contributed by atoms with Crippen LogP contribution in [0.5, 0.6) is 0 Å². The number of ether oxygens (including phenoxy) is 1. The Kier molecular flexibility index (Phi) is 7.74. The maximum Gasteiger partial charge on any atom is 0.257 e. The van der Waals surface area contributed by atoms with Crippen LogP contribution in [-0.4, -0.2) is 65.2 Å². The van der Waals surface area contributed by atoms with Crippen molar-refractivity contribution < 1.29 is 18.7 Å². The van der Waals surface area contributed by atoms with Crippen LogP contribution in [0.15, 0.2) is 46.2 Å². The van der Waals surface area contributed by atoms with Gasteiger partial charge in [0, 0.05) is 37.3 Å². The van der Waals surface area contributed by atoms with E-state index in [1.165, 1.54) is 11.3 Å². The SMILES string of the molecule is COCCN(Cc1nnc(-c2cccs2)o1)C(=O)[C@H]1CCCN(C(=O)c2ccc(Cl)cc2)C1. The van der Waals surface area contributed by atoms with Crippen molar-refractivity contribution in [3.63, 3.8) is 0 Å². The molecule has 174 valence electrons. The molecule has 0 N–H and O–H groups in total. The standard InChI is InChI=1S/C23H25ClN4O4S/c1-31-12-11-28(15-20-25-26-21(32-20)19-5-3-13-33-19)23(30)17-4-2-10-27(14-17)22(29)16-6-8-18(24)9-7-16/h3,5-9,13,17H,2,4,10-12,14-15H2,1H3/t17-/m0/s1. The van der Waals surface area contributed by atoms with Gasteiger partial charge >= 0.3 is 0 Å². The van der Waals surface area contributed by atoms with E-state index in [9.17, 15) is 9.59 Å². The lowest BCUT2D eigenvalue weighted by Gasteiger charge is -2.34. The summed E-state index contributed by atoms with van der Waals surface area (Å²) in [6, 6.07) is 10.6. The molecule has 0 spiro atoms. The van der Waals surface area contributed by atoms with Crippen LogP contribution in [0.2, 0.25) is 5.02 Å². The summed E-state index contributed by atoms with van der Waals surface area (Å²) in [6.45, 7) is 1.97. The number of nitrogens with zero attached hydrogens (tertiary/aromatic N) is 4. The molecule has 0 bridgehead atoms. The Morgan fingerprint density at radius 2 is 2.09 bits per heavy atom. The molecule has 0 aliphatic carbocycles. The molecule has 2 amide bonds. The summed E-state index contributed by atoms with van der Waals surface area (Å²) in [5.74, 6) is 0.373. The number of benzene rings is 1. The van der Waals surface area contributed by atoms with Gasteiger partial charge in [-0.15, -0.1) is 21.5 Å². The van der Waals surface area contributed by atoms with E-state index in [4.69, 9.17) is 20.8 Å². The third-order valence-corrected chi connectivity index (χ3v) is 6.66. The third-order valence-electron chi connectivity index (χ3n) is 5.55. The van der Waals surface area contributed by atoms with Gasteiger partial charge in [0.25, 0.3) is 11.8 Å². The average molecular weight is 489 g/mol. The Balaban J connectivity index is 1.44. The second-order valence-corrected chi connectivity index (χ2v) is 9.21. The Labute approximate surface area is 201 Å². The summed E-state index contributed by atoms with van der Waals surface area (Å²) in [5, 5.41) is 10.7. The van der Waals surface area contributed by atoms with Gasteiger partial charge in [0.1, 0.15) is 0 Å². The molecule has 0 unspecified atom stereocenters. The molecule has 3 heterocycles. The lowest BCUT2D eigenvalue weighted by atomic mass is 9.95. The average Bonchev–Trinajstić information content (AvgIpc) is 3.53. The van der Waals surface area contributed by atoms with E-state index in [1.54, 1.807) is 41.2 Å². The summed E-state index contributed by atoms with van der Waals surface area (Å²) in [4.78, 5) is 30.7. The highest BCUT2D eigenvalue weighted by molar-refractivity contribution is 7.13. The van der Waals surface area contributed by atoms with E-state index in [2.05, 4.69) is 10.2 Å². The smallest absolute Gasteiger partial charge is 0.257 e. The molecule has 1 atom stereocenters. The molecule has 3 aromatic rings. The second kappa shape index (κ2) is 10.9. The van der Waals surface area contributed by atoms with Crippen molar-refractivity contribution in [3.05, 3.63) is 58.3 Å². The van der Waals surface area contributed by atoms with Crippen LogP contribution in [0.3, 0.4) is 0 Å². The van der Waals surface area contributed by atoms with E-state index in [0.717, 1.165) is 17.7 Å². The normalized spacial score (nSPS) is 16.1. The van der Waals surface area contributed by atoms with E-state index >= 15 is 0 Å². The zero-order valence-electron chi connectivity index (χ0n) is 18.3. The highest BCUT2D eigenvalue weighted by atomic mass is 35.5. The minimum Gasteiger partial charge on any atom is -0.418 e. The number of hydrogen-bond acceptors (Lipinski definition) is 7. The Hall–Kier alpha value is -2.75. The molecule has 2 aromatic heterocycles. The molecule has 4 rings (SSSR count). The lowest BCUT2D eigenvalue weighted by Crippen LogP contribution is -2.47. The van der Waals surface area contributed by atoms with Gasteiger partial charge in [-0.2, -0.15) is 0 Å². The van der Waals surface area contributed by atoms with Gasteiger partial charge in [0.05, 0.1) is 23.9 Å². The number of likely N-dealkylation sites (tertiary alicyclic amines) is 1. The summed E-state index contributed by atoms with van der Waals surface area (Å²) in [7, 11) is 1.59. The lowest BCUT2D eigenvalue weighted by molar-refractivity contribution is -0.138. The first-order valence-electron chi connectivity index (χ1n) is 10.7. The maximum atomic E-state index is 13.4. The molecule has 33 heavy (non-hydrogen) atoms. The van der Waals surface area contributed by atoms with Crippen molar-refractivity contribution in [2.75, 3.05) is 33.4 Å². The van der Waals surface area contributed by atoms with E-state index in [-0.39, 0.29) is 24.3 Å². The largest absolute Gasteiger partial charge is 0.418 e.